The number of halogens is 1. The Morgan fingerprint density at radius 1 is 1.40 bits per heavy atom. The summed E-state index contributed by atoms with van der Waals surface area (Å²) in [4.78, 5) is 16.7. The van der Waals surface area contributed by atoms with Gasteiger partial charge in [0.1, 0.15) is 6.26 Å². The van der Waals surface area contributed by atoms with Crippen molar-refractivity contribution in [2.75, 3.05) is 6.54 Å². The molecule has 2 aromatic rings. The summed E-state index contributed by atoms with van der Waals surface area (Å²) < 4.78 is 5.16. The van der Waals surface area contributed by atoms with Crippen molar-refractivity contribution in [2.24, 2.45) is 0 Å². The van der Waals surface area contributed by atoms with Gasteiger partial charge in [-0.15, -0.1) is 0 Å². The third-order valence-electron chi connectivity index (χ3n) is 2.93. The lowest BCUT2D eigenvalue weighted by Gasteiger charge is -2.19. The first-order chi connectivity index (χ1) is 9.60. The van der Waals surface area contributed by atoms with Crippen molar-refractivity contribution in [1.82, 2.24) is 9.88 Å². The molecule has 0 bridgehead atoms. The summed E-state index contributed by atoms with van der Waals surface area (Å²) in [5.74, 6) is -0.703. The second-order valence-electron chi connectivity index (χ2n) is 4.33. The summed E-state index contributed by atoms with van der Waals surface area (Å²) in [6, 6.07) is 7.62. The number of aromatic carboxylic acids is 1. The van der Waals surface area contributed by atoms with Crippen LogP contribution in [0.5, 0.6) is 0 Å². The number of hydrogen-bond donors (Lipinski definition) is 1. The Labute approximate surface area is 121 Å². The topological polar surface area (TPSA) is 66.6 Å². The number of carboxylic acids is 1. The summed E-state index contributed by atoms with van der Waals surface area (Å²) in [6.45, 7) is 3.88. The molecule has 1 heterocycles. The van der Waals surface area contributed by atoms with E-state index in [1.807, 2.05) is 31.2 Å². The second-order valence-corrected chi connectivity index (χ2v) is 4.73. The molecule has 0 aliphatic rings. The van der Waals surface area contributed by atoms with E-state index in [9.17, 15) is 4.79 Å². The fraction of sp³-hybridized carbons (Fsp3) is 0.286. The number of rotatable bonds is 6. The third-order valence-corrected chi connectivity index (χ3v) is 3.30. The highest BCUT2D eigenvalue weighted by molar-refractivity contribution is 6.31. The predicted molar refractivity (Wildman–Crippen MR) is 74.7 cm³/mol. The van der Waals surface area contributed by atoms with Crippen molar-refractivity contribution < 1.29 is 14.3 Å². The van der Waals surface area contributed by atoms with Crippen molar-refractivity contribution in [3.8, 4) is 0 Å². The molecule has 0 fully saturated rings. The van der Waals surface area contributed by atoms with Crippen molar-refractivity contribution in [2.45, 2.75) is 20.0 Å². The van der Waals surface area contributed by atoms with Crippen LogP contribution in [0.15, 0.2) is 34.9 Å². The molecule has 0 aliphatic carbocycles. The van der Waals surface area contributed by atoms with Crippen LogP contribution >= 0.6 is 11.6 Å². The molecule has 20 heavy (non-hydrogen) atoms. The van der Waals surface area contributed by atoms with Crippen molar-refractivity contribution in [3.63, 3.8) is 0 Å². The smallest absolute Gasteiger partial charge is 0.357 e. The molecule has 0 radical (unpaired) electrons. The van der Waals surface area contributed by atoms with Gasteiger partial charge in [-0.3, -0.25) is 4.90 Å². The fourth-order valence-corrected chi connectivity index (χ4v) is 2.02. The number of nitrogens with zero attached hydrogens (tertiary/aromatic N) is 2. The van der Waals surface area contributed by atoms with E-state index in [0.717, 1.165) is 18.4 Å². The second kappa shape index (κ2) is 6.54. The molecule has 1 aromatic heterocycles. The highest BCUT2D eigenvalue weighted by atomic mass is 35.5. The summed E-state index contributed by atoms with van der Waals surface area (Å²) in [5, 5.41) is 9.52. The van der Waals surface area contributed by atoms with Crippen molar-refractivity contribution in [1.29, 1.82) is 0 Å². The quantitative estimate of drug-likeness (QED) is 0.887. The van der Waals surface area contributed by atoms with Gasteiger partial charge in [0.05, 0.1) is 6.54 Å². The van der Waals surface area contributed by atoms with Crippen LogP contribution in [0, 0.1) is 0 Å². The normalized spacial score (nSPS) is 10.9. The van der Waals surface area contributed by atoms with Crippen LogP contribution in [0.2, 0.25) is 5.02 Å². The third kappa shape index (κ3) is 3.59. The molecule has 1 aromatic carbocycles. The van der Waals surface area contributed by atoms with E-state index in [1.54, 1.807) is 0 Å². The number of carbonyl (C=O) groups is 1. The van der Waals surface area contributed by atoms with Gasteiger partial charge >= 0.3 is 5.97 Å². The Hall–Kier alpha value is -1.85. The highest BCUT2D eigenvalue weighted by Crippen LogP contribution is 2.18. The molecule has 6 heteroatoms. The Kier molecular flexibility index (Phi) is 4.76. The van der Waals surface area contributed by atoms with Gasteiger partial charge in [0.2, 0.25) is 5.89 Å². The lowest BCUT2D eigenvalue weighted by molar-refractivity contribution is 0.0690. The van der Waals surface area contributed by atoms with E-state index in [4.69, 9.17) is 21.1 Å². The molecule has 0 aliphatic heterocycles. The van der Waals surface area contributed by atoms with Crippen LogP contribution in [-0.4, -0.2) is 27.5 Å². The zero-order valence-corrected chi connectivity index (χ0v) is 11.8. The molecule has 0 spiro atoms. The molecule has 0 saturated carbocycles. The molecule has 0 atom stereocenters. The average molecular weight is 295 g/mol. The number of benzene rings is 1. The van der Waals surface area contributed by atoms with Crippen LogP contribution in [0.3, 0.4) is 0 Å². The summed E-state index contributed by atoms with van der Waals surface area (Å²) in [6.07, 6.45) is 1.15. The molecule has 2 rings (SSSR count). The minimum Gasteiger partial charge on any atom is -0.476 e. The number of hydrogen-bond acceptors (Lipinski definition) is 4. The monoisotopic (exact) mass is 294 g/mol. The zero-order valence-electron chi connectivity index (χ0n) is 11.0. The highest BCUT2D eigenvalue weighted by Gasteiger charge is 2.14. The number of carboxylic acid groups (broad SMARTS) is 1. The van der Waals surface area contributed by atoms with E-state index in [-0.39, 0.29) is 5.69 Å². The van der Waals surface area contributed by atoms with Crippen LogP contribution < -0.4 is 0 Å². The predicted octanol–water partition coefficient (Wildman–Crippen LogP) is 3.05. The number of oxazole rings is 1. The van der Waals surface area contributed by atoms with E-state index in [1.165, 1.54) is 0 Å². The van der Waals surface area contributed by atoms with E-state index in [2.05, 4.69) is 9.88 Å². The Morgan fingerprint density at radius 2 is 2.15 bits per heavy atom. The van der Waals surface area contributed by atoms with Gasteiger partial charge in [-0.25, -0.2) is 9.78 Å². The molecule has 0 amide bonds. The lowest BCUT2D eigenvalue weighted by Crippen LogP contribution is -2.22. The van der Waals surface area contributed by atoms with Gasteiger partial charge in [0.25, 0.3) is 0 Å². The van der Waals surface area contributed by atoms with Crippen LogP contribution in [0.25, 0.3) is 0 Å². The minimum absolute atomic E-state index is 0.0752. The number of aromatic nitrogens is 1. The maximum absolute atomic E-state index is 10.8. The Morgan fingerprint density at radius 3 is 2.75 bits per heavy atom. The summed E-state index contributed by atoms with van der Waals surface area (Å²) in [7, 11) is 0. The fourth-order valence-electron chi connectivity index (χ4n) is 1.82. The van der Waals surface area contributed by atoms with Crippen LogP contribution in [0.4, 0.5) is 0 Å². The molecule has 5 nitrogen and oxygen atoms in total. The Bertz CT molecular complexity index is 598. The summed E-state index contributed by atoms with van der Waals surface area (Å²) in [5.41, 5.74) is 0.940. The Balaban J connectivity index is 2.05. The van der Waals surface area contributed by atoms with Gasteiger partial charge in [-0.05, 0) is 18.2 Å². The van der Waals surface area contributed by atoms with Gasteiger partial charge in [-0.1, -0.05) is 36.7 Å². The summed E-state index contributed by atoms with van der Waals surface area (Å²) >= 11 is 6.13. The maximum Gasteiger partial charge on any atom is 0.357 e. The van der Waals surface area contributed by atoms with Gasteiger partial charge < -0.3 is 9.52 Å². The largest absolute Gasteiger partial charge is 0.476 e. The lowest BCUT2D eigenvalue weighted by atomic mass is 10.2. The van der Waals surface area contributed by atoms with E-state index in [0.29, 0.717) is 24.0 Å². The minimum atomic E-state index is -1.09. The molecule has 0 unspecified atom stereocenters. The van der Waals surface area contributed by atoms with E-state index < -0.39 is 5.97 Å². The van der Waals surface area contributed by atoms with Gasteiger partial charge in [0.15, 0.2) is 5.69 Å². The molecule has 106 valence electrons. The SMILES string of the molecule is CCN(Cc1nc(C(=O)O)co1)Cc1ccccc1Cl. The first kappa shape index (κ1) is 14.6. The van der Waals surface area contributed by atoms with E-state index >= 15 is 0 Å². The first-order valence-corrected chi connectivity index (χ1v) is 6.61. The molecular weight excluding hydrogens is 280 g/mol. The molecule has 0 saturated heterocycles. The molecule has 1 N–H and O–H groups in total. The standard InChI is InChI=1S/C14H15ClN2O3/c1-2-17(7-10-5-3-4-6-11(10)15)8-13-16-12(9-20-13)14(18)19/h3-6,9H,2,7-8H2,1H3,(H,18,19). The van der Waals surface area contributed by atoms with Crippen LogP contribution in [0.1, 0.15) is 28.9 Å². The van der Waals surface area contributed by atoms with Crippen molar-refractivity contribution >= 4 is 17.6 Å². The molecular formula is C14H15ClN2O3. The van der Waals surface area contributed by atoms with Gasteiger partial charge in [0, 0.05) is 11.6 Å². The van der Waals surface area contributed by atoms with Crippen molar-refractivity contribution in [3.05, 3.63) is 52.7 Å². The average Bonchev–Trinajstić information content (AvgIpc) is 2.89. The maximum atomic E-state index is 10.8. The zero-order chi connectivity index (χ0) is 14.5. The van der Waals surface area contributed by atoms with Gasteiger partial charge in [-0.2, -0.15) is 0 Å². The first-order valence-electron chi connectivity index (χ1n) is 6.23. The van der Waals surface area contributed by atoms with Crippen LogP contribution in [-0.2, 0) is 13.1 Å².